The number of benzene rings is 1. The van der Waals surface area contributed by atoms with Gasteiger partial charge in [-0.15, -0.1) is 13.2 Å². The first kappa shape index (κ1) is 21.9. The molecule has 0 aromatic heterocycles. The Hall–Kier alpha value is -2.84. The third-order valence-corrected chi connectivity index (χ3v) is 5.19. The molecule has 9 heteroatoms. The molecule has 0 spiro atoms. The monoisotopic (exact) mass is 424 g/mol. The lowest BCUT2D eigenvalue weighted by molar-refractivity contribution is -0.274. The van der Waals surface area contributed by atoms with E-state index in [1.54, 1.807) is 0 Å². The molecule has 3 amide bonds. The average Bonchev–Trinajstić information content (AvgIpc) is 2.89. The second kappa shape index (κ2) is 8.49. The first-order valence-corrected chi connectivity index (χ1v) is 9.75. The van der Waals surface area contributed by atoms with Crippen molar-refractivity contribution in [3.63, 3.8) is 0 Å². The number of halogens is 3. The van der Waals surface area contributed by atoms with Crippen molar-refractivity contribution in [1.82, 2.24) is 4.90 Å². The number of nitrogens with one attached hydrogen (secondary N) is 1. The van der Waals surface area contributed by atoms with Gasteiger partial charge in [0.25, 0.3) is 0 Å². The smallest absolute Gasteiger partial charge is 0.406 e. The lowest BCUT2D eigenvalue weighted by Crippen LogP contribution is -2.48. The molecule has 3 rings (SSSR count). The Balaban J connectivity index is 1.81. The van der Waals surface area contributed by atoms with E-state index in [2.05, 4.69) is 10.1 Å². The number of rotatable bonds is 6. The van der Waals surface area contributed by atoms with Gasteiger partial charge in [0.2, 0.25) is 17.7 Å². The summed E-state index contributed by atoms with van der Waals surface area (Å²) >= 11 is 0. The number of likely N-dealkylation sites (tertiary alicyclic amines) is 1. The number of carbonyl (C=O) groups is 3. The topological polar surface area (TPSA) is 75.7 Å². The van der Waals surface area contributed by atoms with Gasteiger partial charge >= 0.3 is 6.36 Å². The van der Waals surface area contributed by atoms with Gasteiger partial charge in [-0.3, -0.25) is 19.3 Å². The van der Waals surface area contributed by atoms with E-state index < -0.39 is 35.9 Å². The van der Waals surface area contributed by atoms with Crippen molar-refractivity contribution in [3.05, 3.63) is 36.4 Å². The van der Waals surface area contributed by atoms with E-state index in [-0.39, 0.29) is 29.8 Å². The van der Waals surface area contributed by atoms with E-state index in [0.717, 1.165) is 17.0 Å². The number of amides is 3. The van der Waals surface area contributed by atoms with E-state index in [4.69, 9.17) is 0 Å². The summed E-state index contributed by atoms with van der Waals surface area (Å²) in [5.74, 6) is -2.77. The number of fused-ring (bicyclic) bond motifs is 1. The van der Waals surface area contributed by atoms with Crippen LogP contribution >= 0.6 is 0 Å². The number of allylic oxidation sites excluding steroid dienone is 2. The van der Waals surface area contributed by atoms with Crippen molar-refractivity contribution >= 4 is 23.4 Å². The quantitative estimate of drug-likeness (QED) is 0.555. The largest absolute Gasteiger partial charge is 0.573 e. The predicted octanol–water partition coefficient (Wildman–Crippen LogP) is 3.89. The van der Waals surface area contributed by atoms with Gasteiger partial charge in [-0.05, 0) is 37.3 Å². The van der Waals surface area contributed by atoms with E-state index in [1.165, 1.54) is 12.1 Å². The molecule has 3 unspecified atom stereocenters. The van der Waals surface area contributed by atoms with Crippen molar-refractivity contribution in [2.75, 3.05) is 5.32 Å². The molecule has 1 aliphatic heterocycles. The van der Waals surface area contributed by atoms with Crippen LogP contribution in [0.2, 0.25) is 0 Å². The minimum Gasteiger partial charge on any atom is -0.406 e. The zero-order valence-corrected chi connectivity index (χ0v) is 16.6. The van der Waals surface area contributed by atoms with Gasteiger partial charge in [0, 0.05) is 11.8 Å². The number of imide groups is 1. The van der Waals surface area contributed by atoms with Crippen LogP contribution in [-0.2, 0) is 14.4 Å². The molecular weight excluding hydrogens is 401 g/mol. The summed E-state index contributed by atoms with van der Waals surface area (Å²) in [5, 5.41) is 2.52. The highest BCUT2D eigenvalue weighted by Gasteiger charge is 2.51. The zero-order valence-electron chi connectivity index (χ0n) is 16.6. The maximum atomic E-state index is 13.0. The van der Waals surface area contributed by atoms with Crippen molar-refractivity contribution in [2.45, 2.75) is 45.5 Å². The van der Waals surface area contributed by atoms with Crippen LogP contribution < -0.4 is 10.1 Å². The van der Waals surface area contributed by atoms with E-state index in [9.17, 15) is 27.6 Å². The summed E-state index contributed by atoms with van der Waals surface area (Å²) in [6, 6.07) is 3.82. The fourth-order valence-corrected chi connectivity index (χ4v) is 3.91. The van der Waals surface area contributed by atoms with Crippen LogP contribution in [0.1, 0.15) is 33.1 Å². The SMILES string of the molecule is CC(C)CC(C(=O)Nc1cccc(OC(F)(F)F)c1)N1C(=O)C2CC=CCC2C1=O. The lowest BCUT2D eigenvalue weighted by Gasteiger charge is -2.27. The zero-order chi connectivity index (χ0) is 22.1. The van der Waals surface area contributed by atoms with Crippen LogP contribution in [0.15, 0.2) is 36.4 Å². The highest BCUT2D eigenvalue weighted by molar-refractivity contribution is 6.10. The van der Waals surface area contributed by atoms with Crippen LogP contribution in [0, 0.1) is 17.8 Å². The summed E-state index contributed by atoms with van der Waals surface area (Å²) < 4.78 is 41.2. The number of hydrogen-bond acceptors (Lipinski definition) is 4. The van der Waals surface area contributed by atoms with Gasteiger partial charge < -0.3 is 10.1 Å². The third-order valence-electron chi connectivity index (χ3n) is 5.19. The van der Waals surface area contributed by atoms with Crippen LogP contribution in [0.4, 0.5) is 18.9 Å². The number of hydrogen-bond donors (Lipinski definition) is 1. The average molecular weight is 424 g/mol. The van der Waals surface area contributed by atoms with Gasteiger partial charge in [-0.1, -0.05) is 32.1 Å². The first-order valence-electron chi connectivity index (χ1n) is 9.75. The fraction of sp³-hybridized carbons (Fsp3) is 0.476. The molecule has 0 saturated carbocycles. The van der Waals surface area contributed by atoms with Crippen molar-refractivity contribution in [1.29, 1.82) is 0 Å². The molecule has 1 fully saturated rings. The molecule has 1 aromatic carbocycles. The number of nitrogens with zero attached hydrogens (tertiary/aromatic N) is 1. The maximum Gasteiger partial charge on any atom is 0.573 e. The first-order chi connectivity index (χ1) is 14.1. The number of ether oxygens (including phenoxy) is 1. The van der Waals surface area contributed by atoms with Crippen molar-refractivity contribution < 1.29 is 32.3 Å². The molecular formula is C21H23F3N2O4. The molecule has 3 atom stereocenters. The summed E-state index contributed by atoms with van der Waals surface area (Å²) in [4.78, 5) is 39.8. The van der Waals surface area contributed by atoms with E-state index in [0.29, 0.717) is 12.8 Å². The maximum absolute atomic E-state index is 13.0. The fourth-order valence-electron chi connectivity index (χ4n) is 3.91. The molecule has 1 aromatic rings. The second-order valence-corrected chi connectivity index (χ2v) is 7.91. The minimum atomic E-state index is -4.86. The molecule has 1 saturated heterocycles. The summed E-state index contributed by atoms with van der Waals surface area (Å²) in [5.41, 5.74) is 0.0775. The van der Waals surface area contributed by atoms with Crippen LogP contribution in [0.3, 0.4) is 0 Å². The Labute approximate surface area is 172 Å². The number of anilines is 1. The van der Waals surface area contributed by atoms with Gasteiger partial charge in [0.05, 0.1) is 11.8 Å². The summed E-state index contributed by atoms with van der Waals surface area (Å²) in [7, 11) is 0. The van der Waals surface area contributed by atoms with Crippen LogP contribution in [0.5, 0.6) is 5.75 Å². The van der Waals surface area contributed by atoms with E-state index in [1.807, 2.05) is 26.0 Å². The highest BCUT2D eigenvalue weighted by Crippen LogP contribution is 2.37. The third kappa shape index (κ3) is 4.83. The Morgan fingerprint density at radius 2 is 1.77 bits per heavy atom. The highest BCUT2D eigenvalue weighted by atomic mass is 19.4. The minimum absolute atomic E-state index is 0.00185. The van der Waals surface area contributed by atoms with Crippen molar-refractivity contribution in [2.24, 2.45) is 17.8 Å². The molecule has 6 nitrogen and oxygen atoms in total. The van der Waals surface area contributed by atoms with E-state index >= 15 is 0 Å². The Morgan fingerprint density at radius 1 is 1.17 bits per heavy atom. The molecule has 0 bridgehead atoms. The molecule has 1 aliphatic carbocycles. The van der Waals surface area contributed by atoms with Gasteiger partial charge in [-0.25, -0.2) is 0 Å². The Morgan fingerprint density at radius 3 is 2.30 bits per heavy atom. The summed E-state index contributed by atoms with van der Waals surface area (Å²) in [6.07, 6.45) is 0.0205. The standard InChI is InChI=1S/C21H23F3N2O4/c1-12(2)10-17(26-19(28)15-8-3-4-9-16(15)20(26)29)18(27)25-13-6-5-7-14(11-13)30-21(22,23)24/h3-7,11-12,15-17H,8-10H2,1-2H3,(H,25,27). The second-order valence-electron chi connectivity index (χ2n) is 7.91. The van der Waals surface area contributed by atoms with Crippen molar-refractivity contribution in [3.8, 4) is 5.75 Å². The molecule has 1 heterocycles. The molecule has 30 heavy (non-hydrogen) atoms. The Bertz CT molecular complexity index is 840. The van der Waals surface area contributed by atoms with Gasteiger partial charge in [0.1, 0.15) is 11.8 Å². The molecule has 162 valence electrons. The Kier molecular flexibility index (Phi) is 6.19. The van der Waals surface area contributed by atoms with Gasteiger partial charge in [0.15, 0.2) is 0 Å². The number of carbonyl (C=O) groups excluding carboxylic acids is 3. The van der Waals surface area contributed by atoms with Gasteiger partial charge in [-0.2, -0.15) is 0 Å². The molecule has 0 radical (unpaired) electrons. The summed E-state index contributed by atoms with van der Waals surface area (Å²) in [6.45, 7) is 3.72. The normalized spacial score (nSPS) is 22.3. The predicted molar refractivity (Wildman–Crippen MR) is 102 cm³/mol. The van der Waals surface area contributed by atoms with Crippen LogP contribution in [-0.4, -0.2) is 35.0 Å². The molecule has 1 N–H and O–H groups in total. The lowest BCUT2D eigenvalue weighted by atomic mass is 9.85. The molecule has 2 aliphatic rings. The number of alkyl halides is 3. The van der Waals surface area contributed by atoms with Crippen LogP contribution in [0.25, 0.3) is 0 Å².